The van der Waals surface area contributed by atoms with Gasteiger partial charge in [-0.2, -0.15) is 0 Å². The van der Waals surface area contributed by atoms with Crippen LogP contribution in [0.25, 0.3) is 0 Å². The van der Waals surface area contributed by atoms with Gasteiger partial charge >= 0.3 is 0 Å². The lowest BCUT2D eigenvalue weighted by Gasteiger charge is -2.28. The lowest BCUT2D eigenvalue weighted by Crippen LogP contribution is -2.36. The standard InChI is InChI=1S/C21H27N3O4S/c1-22-29(26,27)19-11-7-17(8-12-19)21(25)23-15-20(24-13-3-4-14-24)16-5-9-18(28-2)10-6-16/h5-12,20,22H,3-4,13-15H2,1-2H3,(H,23,25). The van der Waals surface area contributed by atoms with E-state index in [1.54, 1.807) is 7.11 Å². The molecule has 1 heterocycles. The van der Waals surface area contributed by atoms with Crippen molar-refractivity contribution in [2.75, 3.05) is 33.8 Å². The molecule has 0 bridgehead atoms. The van der Waals surface area contributed by atoms with Crippen molar-refractivity contribution in [3.63, 3.8) is 0 Å². The van der Waals surface area contributed by atoms with Crippen molar-refractivity contribution in [3.05, 3.63) is 59.7 Å². The van der Waals surface area contributed by atoms with Gasteiger partial charge in [-0.05, 0) is 74.9 Å². The molecule has 8 heteroatoms. The molecule has 1 unspecified atom stereocenters. The quantitative estimate of drug-likeness (QED) is 0.687. The molecule has 156 valence electrons. The smallest absolute Gasteiger partial charge is 0.251 e. The van der Waals surface area contributed by atoms with E-state index >= 15 is 0 Å². The monoisotopic (exact) mass is 417 g/mol. The number of rotatable bonds is 8. The molecule has 0 radical (unpaired) electrons. The maximum atomic E-state index is 12.6. The minimum Gasteiger partial charge on any atom is -0.497 e. The number of hydrogen-bond donors (Lipinski definition) is 2. The molecule has 7 nitrogen and oxygen atoms in total. The predicted octanol–water partition coefficient (Wildman–Crippen LogP) is 2.17. The molecule has 0 spiro atoms. The summed E-state index contributed by atoms with van der Waals surface area (Å²) in [6.45, 7) is 2.48. The Morgan fingerprint density at radius 1 is 1.07 bits per heavy atom. The molecular weight excluding hydrogens is 390 g/mol. The molecule has 2 N–H and O–H groups in total. The number of hydrogen-bond acceptors (Lipinski definition) is 5. The maximum absolute atomic E-state index is 12.6. The van der Waals surface area contributed by atoms with Crippen molar-refractivity contribution < 1.29 is 17.9 Å². The van der Waals surface area contributed by atoms with Crippen LogP contribution in [0.1, 0.15) is 34.8 Å². The Balaban J connectivity index is 1.70. The van der Waals surface area contributed by atoms with Crippen LogP contribution >= 0.6 is 0 Å². The summed E-state index contributed by atoms with van der Waals surface area (Å²) in [5, 5.41) is 3.00. The van der Waals surface area contributed by atoms with E-state index in [9.17, 15) is 13.2 Å². The molecule has 2 aromatic carbocycles. The zero-order chi connectivity index (χ0) is 20.9. The summed E-state index contributed by atoms with van der Waals surface area (Å²) in [7, 11) is -0.524. The summed E-state index contributed by atoms with van der Waals surface area (Å²) in [5.74, 6) is 0.575. The summed E-state index contributed by atoms with van der Waals surface area (Å²) in [5.41, 5.74) is 1.55. The first-order valence-electron chi connectivity index (χ1n) is 9.64. The Morgan fingerprint density at radius 3 is 2.24 bits per heavy atom. The average molecular weight is 418 g/mol. The van der Waals surface area contributed by atoms with Crippen LogP contribution in [0.5, 0.6) is 5.75 Å². The van der Waals surface area contributed by atoms with Gasteiger partial charge in [0.05, 0.1) is 18.0 Å². The Bertz CT molecular complexity index is 921. The molecule has 1 aliphatic rings. The van der Waals surface area contributed by atoms with Gasteiger partial charge in [0.25, 0.3) is 5.91 Å². The van der Waals surface area contributed by atoms with E-state index in [0.29, 0.717) is 12.1 Å². The van der Waals surface area contributed by atoms with Crippen LogP contribution in [-0.2, 0) is 10.0 Å². The lowest BCUT2D eigenvalue weighted by atomic mass is 10.0. The van der Waals surface area contributed by atoms with Gasteiger partial charge in [-0.15, -0.1) is 0 Å². The summed E-state index contributed by atoms with van der Waals surface area (Å²) in [6.07, 6.45) is 2.31. The number of sulfonamides is 1. The van der Waals surface area contributed by atoms with Crippen LogP contribution in [0.15, 0.2) is 53.4 Å². The van der Waals surface area contributed by atoms with Crippen LogP contribution in [0.3, 0.4) is 0 Å². The van der Waals surface area contributed by atoms with Crippen molar-refractivity contribution in [2.24, 2.45) is 0 Å². The molecule has 29 heavy (non-hydrogen) atoms. The number of methoxy groups -OCH3 is 1. The lowest BCUT2D eigenvalue weighted by molar-refractivity contribution is 0.0938. The second kappa shape index (κ2) is 9.39. The van der Waals surface area contributed by atoms with E-state index in [-0.39, 0.29) is 16.8 Å². The fraction of sp³-hybridized carbons (Fsp3) is 0.381. The van der Waals surface area contributed by atoms with E-state index in [1.165, 1.54) is 31.3 Å². The highest BCUT2D eigenvalue weighted by Crippen LogP contribution is 2.26. The molecule has 1 saturated heterocycles. The van der Waals surface area contributed by atoms with Gasteiger partial charge in [0, 0.05) is 12.1 Å². The van der Waals surface area contributed by atoms with E-state index in [4.69, 9.17) is 4.74 Å². The summed E-state index contributed by atoms with van der Waals surface area (Å²) in [6, 6.07) is 13.9. The number of likely N-dealkylation sites (tertiary alicyclic amines) is 1. The predicted molar refractivity (Wildman–Crippen MR) is 112 cm³/mol. The zero-order valence-electron chi connectivity index (χ0n) is 16.7. The van der Waals surface area contributed by atoms with Crippen LogP contribution < -0.4 is 14.8 Å². The fourth-order valence-electron chi connectivity index (χ4n) is 3.53. The maximum Gasteiger partial charge on any atom is 0.251 e. The van der Waals surface area contributed by atoms with E-state index < -0.39 is 10.0 Å². The van der Waals surface area contributed by atoms with Crippen LogP contribution in [-0.4, -0.2) is 53.0 Å². The van der Waals surface area contributed by atoms with Gasteiger partial charge in [-0.3, -0.25) is 9.69 Å². The molecule has 0 saturated carbocycles. The van der Waals surface area contributed by atoms with Gasteiger partial charge in [-0.25, -0.2) is 13.1 Å². The fourth-order valence-corrected chi connectivity index (χ4v) is 4.26. The zero-order valence-corrected chi connectivity index (χ0v) is 17.5. The second-order valence-electron chi connectivity index (χ2n) is 6.97. The third-order valence-corrected chi connectivity index (χ3v) is 6.66. The molecule has 1 aliphatic heterocycles. The first-order valence-corrected chi connectivity index (χ1v) is 11.1. The van der Waals surface area contributed by atoms with Crippen LogP contribution in [0.4, 0.5) is 0 Å². The molecule has 1 atom stereocenters. The number of carbonyl (C=O) groups excluding carboxylic acids is 1. The number of nitrogens with zero attached hydrogens (tertiary/aromatic N) is 1. The topological polar surface area (TPSA) is 87.7 Å². The van der Waals surface area contributed by atoms with Gasteiger partial charge < -0.3 is 10.1 Å². The van der Waals surface area contributed by atoms with Gasteiger partial charge in [0.2, 0.25) is 10.0 Å². The molecule has 3 rings (SSSR count). The Hall–Kier alpha value is -2.42. The van der Waals surface area contributed by atoms with Gasteiger partial charge in [-0.1, -0.05) is 12.1 Å². The number of amides is 1. The molecule has 0 aromatic heterocycles. The number of nitrogens with one attached hydrogen (secondary N) is 2. The highest BCUT2D eigenvalue weighted by molar-refractivity contribution is 7.89. The number of benzene rings is 2. The van der Waals surface area contributed by atoms with Crippen LogP contribution in [0.2, 0.25) is 0 Å². The number of ether oxygens (including phenoxy) is 1. The third kappa shape index (κ3) is 5.14. The van der Waals surface area contributed by atoms with E-state index in [1.807, 2.05) is 24.3 Å². The largest absolute Gasteiger partial charge is 0.497 e. The normalized spacial score (nSPS) is 15.8. The first kappa shape index (κ1) is 21.3. The summed E-state index contributed by atoms with van der Waals surface area (Å²) >= 11 is 0. The van der Waals surface area contributed by atoms with Crippen molar-refractivity contribution in [3.8, 4) is 5.75 Å². The van der Waals surface area contributed by atoms with Crippen molar-refractivity contribution >= 4 is 15.9 Å². The second-order valence-corrected chi connectivity index (χ2v) is 8.86. The van der Waals surface area contributed by atoms with Crippen molar-refractivity contribution in [1.29, 1.82) is 0 Å². The molecule has 1 amide bonds. The Morgan fingerprint density at radius 2 is 1.69 bits per heavy atom. The van der Waals surface area contributed by atoms with Crippen molar-refractivity contribution in [2.45, 2.75) is 23.8 Å². The van der Waals surface area contributed by atoms with Gasteiger partial charge in [0.1, 0.15) is 5.75 Å². The third-order valence-electron chi connectivity index (χ3n) is 5.23. The Labute approximate surface area is 172 Å². The highest BCUT2D eigenvalue weighted by atomic mass is 32.2. The van der Waals surface area contributed by atoms with E-state index in [0.717, 1.165) is 37.2 Å². The molecule has 2 aromatic rings. The molecule has 0 aliphatic carbocycles. The average Bonchev–Trinajstić information content (AvgIpc) is 3.29. The molecular formula is C21H27N3O4S. The van der Waals surface area contributed by atoms with Crippen LogP contribution in [0, 0.1) is 0 Å². The first-order chi connectivity index (χ1) is 13.9. The van der Waals surface area contributed by atoms with E-state index in [2.05, 4.69) is 14.9 Å². The summed E-state index contributed by atoms with van der Waals surface area (Å²) in [4.78, 5) is 15.1. The highest BCUT2D eigenvalue weighted by Gasteiger charge is 2.24. The Kier molecular flexibility index (Phi) is 6.89. The van der Waals surface area contributed by atoms with Gasteiger partial charge in [0.15, 0.2) is 0 Å². The SMILES string of the molecule is CNS(=O)(=O)c1ccc(C(=O)NCC(c2ccc(OC)cc2)N2CCCC2)cc1. The minimum absolute atomic E-state index is 0.0799. The van der Waals surface area contributed by atoms with Crippen molar-refractivity contribution in [1.82, 2.24) is 14.9 Å². The summed E-state index contributed by atoms with van der Waals surface area (Å²) < 4.78 is 31.1. The number of carbonyl (C=O) groups is 1. The molecule has 1 fully saturated rings. The minimum atomic E-state index is -3.52.